The van der Waals surface area contributed by atoms with Crippen molar-refractivity contribution in [3.05, 3.63) is 59.2 Å². The molecule has 0 atom stereocenters. The Hall–Kier alpha value is -2.10. The van der Waals surface area contributed by atoms with E-state index in [2.05, 4.69) is 36.0 Å². The molecule has 4 heteroatoms. The van der Waals surface area contributed by atoms with Gasteiger partial charge in [-0.1, -0.05) is 24.3 Å². The second-order valence-electron chi connectivity index (χ2n) is 4.63. The molecule has 0 aliphatic carbocycles. The van der Waals surface area contributed by atoms with Crippen molar-refractivity contribution in [3.63, 3.8) is 0 Å². The van der Waals surface area contributed by atoms with Crippen molar-refractivity contribution in [1.82, 2.24) is 0 Å². The van der Waals surface area contributed by atoms with Crippen molar-refractivity contribution in [2.75, 3.05) is 5.32 Å². The number of aryl methyl sites for hydroxylation is 2. The number of nitrogens with one attached hydrogen (secondary N) is 1. The summed E-state index contributed by atoms with van der Waals surface area (Å²) >= 11 is 0. The minimum Gasteiger partial charge on any atom is -0.435 e. The monoisotopic (exact) mass is 277 g/mol. The average Bonchev–Trinajstić information content (AvgIpc) is 2.38. The van der Waals surface area contributed by atoms with Crippen molar-refractivity contribution in [1.29, 1.82) is 0 Å². The number of anilines is 1. The van der Waals surface area contributed by atoms with Crippen molar-refractivity contribution < 1.29 is 13.5 Å². The van der Waals surface area contributed by atoms with Crippen LogP contribution in [0.2, 0.25) is 0 Å². The van der Waals surface area contributed by atoms with E-state index in [1.807, 2.05) is 12.1 Å². The molecule has 0 saturated carbocycles. The van der Waals surface area contributed by atoms with Crippen LogP contribution in [0.15, 0.2) is 42.5 Å². The molecule has 0 bridgehead atoms. The number of rotatable bonds is 5. The third-order valence-corrected chi connectivity index (χ3v) is 3.17. The molecular formula is C16H17F2NO. The van der Waals surface area contributed by atoms with E-state index in [0.29, 0.717) is 6.54 Å². The van der Waals surface area contributed by atoms with Gasteiger partial charge in [0.05, 0.1) is 0 Å². The first kappa shape index (κ1) is 14.3. The number of ether oxygens (including phenoxy) is 1. The quantitative estimate of drug-likeness (QED) is 0.867. The maximum absolute atomic E-state index is 12.2. The summed E-state index contributed by atoms with van der Waals surface area (Å²) in [6, 6.07) is 12.7. The van der Waals surface area contributed by atoms with Crippen LogP contribution in [0.5, 0.6) is 5.75 Å². The summed E-state index contributed by atoms with van der Waals surface area (Å²) in [5, 5.41) is 3.23. The lowest BCUT2D eigenvalue weighted by Gasteiger charge is -2.13. The van der Waals surface area contributed by atoms with Gasteiger partial charge in [0.1, 0.15) is 5.75 Å². The van der Waals surface area contributed by atoms with Crippen molar-refractivity contribution >= 4 is 5.69 Å². The minimum atomic E-state index is -2.80. The van der Waals surface area contributed by atoms with Gasteiger partial charge in [-0.05, 0) is 42.7 Å². The highest BCUT2D eigenvalue weighted by molar-refractivity contribution is 5.49. The number of halogens is 2. The summed E-state index contributed by atoms with van der Waals surface area (Å²) in [6.45, 7) is 1.96. The maximum Gasteiger partial charge on any atom is 0.387 e. The van der Waals surface area contributed by atoms with E-state index in [1.54, 1.807) is 12.1 Å². The fraction of sp³-hybridized carbons (Fsp3) is 0.250. The van der Waals surface area contributed by atoms with Crippen LogP contribution in [0.3, 0.4) is 0 Å². The molecule has 0 unspecified atom stereocenters. The summed E-state index contributed by atoms with van der Waals surface area (Å²) in [5.41, 5.74) is 4.38. The topological polar surface area (TPSA) is 21.3 Å². The standard InChI is InChI=1S/C16H17F2NO/c1-11-5-3-6-12(2)15(11)10-19-13-7-4-8-14(9-13)20-16(17)18/h3-9,16,19H,10H2,1-2H3. The van der Waals surface area contributed by atoms with Crippen LogP contribution in [0, 0.1) is 13.8 Å². The Balaban J connectivity index is 2.07. The molecule has 2 nitrogen and oxygen atoms in total. The lowest BCUT2D eigenvalue weighted by molar-refractivity contribution is -0.0498. The molecule has 2 aromatic rings. The zero-order chi connectivity index (χ0) is 14.5. The molecule has 0 amide bonds. The predicted octanol–water partition coefficient (Wildman–Crippen LogP) is 4.52. The second kappa shape index (κ2) is 6.37. The van der Waals surface area contributed by atoms with Crippen LogP contribution < -0.4 is 10.1 Å². The van der Waals surface area contributed by atoms with E-state index < -0.39 is 6.61 Å². The van der Waals surface area contributed by atoms with Gasteiger partial charge >= 0.3 is 6.61 Å². The van der Waals surface area contributed by atoms with Gasteiger partial charge in [0.2, 0.25) is 0 Å². The molecule has 2 rings (SSSR count). The predicted molar refractivity (Wildman–Crippen MR) is 76.3 cm³/mol. The zero-order valence-electron chi connectivity index (χ0n) is 11.5. The highest BCUT2D eigenvalue weighted by Crippen LogP contribution is 2.21. The van der Waals surface area contributed by atoms with E-state index in [-0.39, 0.29) is 5.75 Å². The first-order valence-corrected chi connectivity index (χ1v) is 6.40. The number of alkyl halides is 2. The van der Waals surface area contributed by atoms with Gasteiger partial charge in [0, 0.05) is 18.3 Å². The Labute approximate surface area is 117 Å². The van der Waals surface area contributed by atoms with Gasteiger partial charge in [-0.3, -0.25) is 0 Å². The van der Waals surface area contributed by atoms with E-state index >= 15 is 0 Å². The van der Waals surface area contributed by atoms with Crippen LogP contribution in [0.4, 0.5) is 14.5 Å². The number of hydrogen-bond donors (Lipinski definition) is 1. The van der Waals surface area contributed by atoms with Gasteiger partial charge in [0.15, 0.2) is 0 Å². The molecular weight excluding hydrogens is 260 g/mol. The van der Waals surface area contributed by atoms with E-state index in [9.17, 15) is 8.78 Å². The van der Waals surface area contributed by atoms with Crippen molar-refractivity contribution in [2.45, 2.75) is 27.0 Å². The smallest absolute Gasteiger partial charge is 0.387 e. The first-order valence-electron chi connectivity index (χ1n) is 6.40. The average molecular weight is 277 g/mol. The van der Waals surface area contributed by atoms with Crippen LogP contribution in [-0.4, -0.2) is 6.61 Å². The fourth-order valence-corrected chi connectivity index (χ4v) is 2.10. The van der Waals surface area contributed by atoms with E-state index in [1.165, 1.54) is 22.8 Å². The van der Waals surface area contributed by atoms with Crippen LogP contribution in [0.1, 0.15) is 16.7 Å². The molecule has 106 valence electrons. The molecule has 0 radical (unpaired) electrons. The summed E-state index contributed by atoms with van der Waals surface area (Å²) < 4.78 is 28.7. The SMILES string of the molecule is Cc1cccc(C)c1CNc1cccc(OC(F)F)c1. The van der Waals surface area contributed by atoms with Crippen LogP contribution in [-0.2, 0) is 6.54 Å². The van der Waals surface area contributed by atoms with Crippen molar-refractivity contribution in [3.8, 4) is 5.75 Å². The third kappa shape index (κ3) is 3.70. The second-order valence-corrected chi connectivity index (χ2v) is 4.63. The van der Waals surface area contributed by atoms with E-state index in [0.717, 1.165) is 5.69 Å². The van der Waals surface area contributed by atoms with E-state index in [4.69, 9.17) is 0 Å². The summed E-state index contributed by atoms with van der Waals surface area (Å²) in [7, 11) is 0. The third-order valence-electron chi connectivity index (χ3n) is 3.17. The molecule has 0 saturated heterocycles. The molecule has 0 spiro atoms. The Morgan fingerprint density at radius 2 is 1.70 bits per heavy atom. The number of hydrogen-bond acceptors (Lipinski definition) is 2. The summed E-state index contributed by atoms with van der Waals surface area (Å²) in [6.07, 6.45) is 0. The Kier molecular flexibility index (Phi) is 4.56. The molecule has 2 aromatic carbocycles. The fourth-order valence-electron chi connectivity index (χ4n) is 2.10. The minimum absolute atomic E-state index is 0.159. The highest BCUT2D eigenvalue weighted by atomic mass is 19.3. The van der Waals surface area contributed by atoms with Crippen molar-refractivity contribution in [2.24, 2.45) is 0 Å². The number of benzene rings is 2. The molecule has 20 heavy (non-hydrogen) atoms. The van der Waals surface area contributed by atoms with Gasteiger partial charge in [0.25, 0.3) is 0 Å². The first-order chi connectivity index (χ1) is 9.56. The molecule has 0 aromatic heterocycles. The Morgan fingerprint density at radius 1 is 1.05 bits per heavy atom. The Morgan fingerprint density at radius 3 is 2.35 bits per heavy atom. The lowest BCUT2D eigenvalue weighted by Crippen LogP contribution is -2.05. The normalized spacial score (nSPS) is 10.7. The van der Waals surface area contributed by atoms with Crippen LogP contribution in [0.25, 0.3) is 0 Å². The van der Waals surface area contributed by atoms with Crippen LogP contribution >= 0.6 is 0 Å². The lowest BCUT2D eigenvalue weighted by atomic mass is 10.0. The van der Waals surface area contributed by atoms with Gasteiger partial charge < -0.3 is 10.1 Å². The zero-order valence-corrected chi connectivity index (χ0v) is 11.5. The molecule has 0 aliphatic rings. The maximum atomic E-state index is 12.2. The molecule has 0 aliphatic heterocycles. The molecule has 0 heterocycles. The molecule has 1 N–H and O–H groups in total. The summed E-state index contributed by atoms with van der Waals surface area (Å²) in [4.78, 5) is 0. The summed E-state index contributed by atoms with van der Waals surface area (Å²) in [5.74, 6) is 0.159. The largest absolute Gasteiger partial charge is 0.435 e. The van der Waals surface area contributed by atoms with Gasteiger partial charge in [-0.25, -0.2) is 0 Å². The highest BCUT2D eigenvalue weighted by Gasteiger charge is 2.05. The van der Waals surface area contributed by atoms with Gasteiger partial charge in [-0.2, -0.15) is 8.78 Å². The van der Waals surface area contributed by atoms with Gasteiger partial charge in [-0.15, -0.1) is 0 Å². The molecule has 0 fully saturated rings. The Bertz CT molecular complexity index is 564.